The van der Waals surface area contributed by atoms with Crippen molar-refractivity contribution in [2.45, 2.75) is 51.6 Å². The number of carbonyl (C=O) groups is 1. The van der Waals surface area contributed by atoms with Gasteiger partial charge in [-0.3, -0.25) is 0 Å². The highest BCUT2D eigenvalue weighted by molar-refractivity contribution is 5.91. The molecule has 0 radical (unpaired) electrons. The number of rotatable bonds is 15. The molecule has 37 heavy (non-hydrogen) atoms. The summed E-state index contributed by atoms with van der Waals surface area (Å²) >= 11 is 0. The summed E-state index contributed by atoms with van der Waals surface area (Å²) < 4.78 is 16.8. The highest BCUT2D eigenvalue weighted by Gasteiger charge is 2.13. The van der Waals surface area contributed by atoms with E-state index in [2.05, 4.69) is 19.6 Å². The van der Waals surface area contributed by atoms with E-state index in [9.17, 15) is 10.1 Å². The Morgan fingerprint density at radius 3 is 2.08 bits per heavy atom. The molecule has 3 aromatic carbocycles. The topological polar surface area (TPSA) is 68.5 Å². The van der Waals surface area contributed by atoms with E-state index in [1.54, 1.807) is 42.5 Å². The molecular weight excluding hydrogens is 462 g/mol. The van der Waals surface area contributed by atoms with Gasteiger partial charge in [0.1, 0.15) is 11.5 Å². The standard InChI is InChI=1S/C32H35NO4/c1-3-5-6-7-8-9-23-35-29-18-14-26(15-19-29)25-10-12-28(13-11-25)32(34)37-30-20-16-27(17-21-30)31(24-33)36-22-4-2/h4,10-21,31H,2-3,5-9,22-23H2,1H3. The zero-order chi connectivity index (χ0) is 26.3. The smallest absolute Gasteiger partial charge is 0.343 e. The predicted octanol–water partition coefficient (Wildman–Crippen LogP) is 8.08. The van der Waals surface area contributed by atoms with E-state index in [-0.39, 0.29) is 6.61 Å². The van der Waals surface area contributed by atoms with E-state index < -0.39 is 12.1 Å². The summed E-state index contributed by atoms with van der Waals surface area (Å²) in [6.45, 7) is 6.84. The number of nitrogens with zero attached hydrogens (tertiary/aromatic N) is 1. The zero-order valence-electron chi connectivity index (χ0n) is 21.5. The van der Waals surface area contributed by atoms with Gasteiger partial charge in [0.2, 0.25) is 0 Å². The number of ether oxygens (including phenoxy) is 3. The van der Waals surface area contributed by atoms with Crippen LogP contribution in [-0.2, 0) is 4.74 Å². The molecule has 0 aliphatic carbocycles. The first kappa shape index (κ1) is 27.7. The van der Waals surface area contributed by atoms with Crippen LogP contribution in [0.3, 0.4) is 0 Å². The van der Waals surface area contributed by atoms with Crippen molar-refractivity contribution in [3.8, 4) is 28.7 Å². The number of benzene rings is 3. The summed E-state index contributed by atoms with van der Waals surface area (Å²) in [6.07, 6.45) is 8.36. The van der Waals surface area contributed by atoms with Crippen LogP contribution in [0.2, 0.25) is 0 Å². The minimum absolute atomic E-state index is 0.280. The Bertz CT molecular complexity index is 1150. The molecule has 3 rings (SSSR count). The van der Waals surface area contributed by atoms with Gasteiger partial charge in [-0.2, -0.15) is 5.26 Å². The predicted molar refractivity (Wildman–Crippen MR) is 147 cm³/mol. The van der Waals surface area contributed by atoms with Crippen molar-refractivity contribution in [2.75, 3.05) is 13.2 Å². The molecule has 5 nitrogen and oxygen atoms in total. The maximum atomic E-state index is 12.6. The van der Waals surface area contributed by atoms with Crippen LogP contribution in [0.25, 0.3) is 11.1 Å². The van der Waals surface area contributed by atoms with Gasteiger partial charge >= 0.3 is 5.97 Å². The highest BCUT2D eigenvalue weighted by Crippen LogP contribution is 2.24. The van der Waals surface area contributed by atoms with Gasteiger partial charge in [-0.05, 0) is 59.5 Å². The third kappa shape index (κ3) is 8.93. The van der Waals surface area contributed by atoms with Crippen molar-refractivity contribution in [3.05, 3.63) is 96.6 Å². The number of hydrogen-bond donors (Lipinski definition) is 0. The molecule has 0 aromatic heterocycles. The summed E-state index contributed by atoms with van der Waals surface area (Å²) in [6, 6.07) is 24.2. The summed E-state index contributed by atoms with van der Waals surface area (Å²) in [7, 11) is 0. The van der Waals surface area contributed by atoms with Crippen LogP contribution in [0.4, 0.5) is 0 Å². The Labute approximate surface area is 220 Å². The van der Waals surface area contributed by atoms with Crippen molar-refractivity contribution in [1.29, 1.82) is 5.26 Å². The van der Waals surface area contributed by atoms with Gasteiger partial charge in [0, 0.05) is 0 Å². The largest absolute Gasteiger partial charge is 0.494 e. The fraction of sp³-hybridized carbons (Fsp3) is 0.312. The van der Waals surface area contributed by atoms with Gasteiger partial charge in [0.25, 0.3) is 0 Å². The molecule has 1 unspecified atom stereocenters. The van der Waals surface area contributed by atoms with E-state index in [4.69, 9.17) is 14.2 Å². The molecule has 1 atom stereocenters. The van der Waals surface area contributed by atoms with Crippen molar-refractivity contribution < 1.29 is 19.0 Å². The molecule has 0 N–H and O–H groups in total. The van der Waals surface area contributed by atoms with E-state index in [1.165, 1.54) is 32.1 Å². The lowest BCUT2D eigenvalue weighted by atomic mass is 10.0. The lowest BCUT2D eigenvalue weighted by molar-refractivity contribution is 0.0734. The molecule has 0 bridgehead atoms. The number of esters is 1. The van der Waals surface area contributed by atoms with Gasteiger partial charge < -0.3 is 14.2 Å². The summed E-state index contributed by atoms with van der Waals surface area (Å²) in [5, 5.41) is 9.26. The monoisotopic (exact) mass is 497 g/mol. The van der Waals surface area contributed by atoms with Crippen LogP contribution < -0.4 is 9.47 Å². The Kier molecular flexibility index (Phi) is 11.4. The molecular formula is C32H35NO4. The van der Waals surface area contributed by atoms with E-state index in [1.807, 2.05) is 36.4 Å². The molecule has 5 heteroatoms. The van der Waals surface area contributed by atoms with Crippen LogP contribution in [0, 0.1) is 11.3 Å². The molecule has 0 amide bonds. The lowest BCUT2D eigenvalue weighted by Gasteiger charge is -2.11. The molecule has 0 aliphatic heterocycles. The molecule has 0 aliphatic rings. The maximum absolute atomic E-state index is 12.6. The average molecular weight is 498 g/mol. The number of carbonyl (C=O) groups excluding carboxylic acids is 1. The van der Waals surface area contributed by atoms with Crippen molar-refractivity contribution >= 4 is 5.97 Å². The average Bonchev–Trinajstić information content (AvgIpc) is 2.94. The molecule has 0 saturated carbocycles. The molecule has 0 fully saturated rings. The van der Waals surface area contributed by atoms with E-state index >= 15 is 0 Å². The van der Waals surface area contributed by atoms with Crippen LogP contribution in [0.15, 0.2) is 85.5 Å². The molecule has 3 aromatic rings. The first-order valence-electron chi connectivity index (χ1n) is 12.9. The first-order valence-corrected chi connectivity index (χ1v) is 12.9. The Hall–Kier alpha value is -3.88. The molecule has 0 spiro atoms. The van der Waals surface area contributed by atoms with Crippen LogP contribution in [0.5, 0.6) is 11.5 Å². The third-order valence-electron chi connectivity index (χ3n) is 5.97. The summed E-state index contributed by atoms with van der Waals surface area (Å²) in [5.74, 6) is 0.823. The number of nitriles is 1. The van der Waals surface area contributed by atoms with Crippen LogP contribution in [-0.4, -0.2) is 19.2 Å². The van der Waals surface area contributed by atoms with Gasteiger partial charge in [-0.1, -0.05) is 81.5 Å². The summed E-state index contributed by atoms with van der Waals surface area (Å²) in [4.78, 5) is 12.6. The maximum Gasteiger partial charge on any atom is 0.343 e. The van der Waals surface area contributed by atoms with Gasteiger partial charge in [0.05, 0.1) is 24.8 Å². The Morgan fingerprint density at radius 1 is 0.865 bits per heavy atom. The Morgan fingerprint density at radius 2 is 1.46 bits per heavy atom. The zero-order valence-corrected chi connectivity index (χ0v) is 21.5. The molecule has 0 heterocycles. The second kappa shape index (κ2) is 15.3. The van der Waals surface area contributed by atoms with E-state index in [0.717, 1.165) is 29.9 Å². The fourth-order valence-corrected chi connectivity index (χ4v) is 3.86. The number of unbranched alkanes of at least 4 members (excludes halogenated alkanes) is 5. The van der Waals surface area contributed by atoms with Gasteiger partial charge in [0.15, 0.2) is 6.10 Å². The Balaban J connectivity index is 1.50. The SMILES string of the molecule is C=CCOC(C#N)c1ccc(OC(=O)c2ccc(-c3ccc(OCCCCCCCC)cc3)cc2)cc1. The third-order valence-corrected chi connectivity index (χ3v) is 5.97. The lowest BCUT2D eigenvalue weighted by Crippen LogP contribution is -2.08. The van der Waals surface area contributed by atoms with Crippen LogP contribution in [0.1, 0.15) is 67.5 Å². The highest BCUT2D eigenvalue weighted by atomic mass is 16.5. The van der Waals surface area contributed by atoms with Crippen molar-refractivity contribution in [2.24, 2.45) is 0 Å². The van der Waals surface area contributed by atoms with E-state index in [0.29, 0.717) is 16.9 Å². The number of hydrogen-bond acceptors (Lipinski definition) is 5. The summed E-state index contributed by atoms with van der Waals surface area (Å²) in [5.41, 5.74) is 3.20. The van der Waals surface area contributed by atoms with Crippen molar-refractivity contribution in [1.82, 2.24) is 0 Å². The first-order chi connectivity index (χ1) is 18.1. The normalized spacial score (nSPS) is 11.4. The minimum Gasteiger partial charge on any atom is -0.494 e. The van der Waals surface area contributed by atoms with Crippen molar-refractivity contribution in [3.63, 3.8) is 0 Å². The van der Waals surface area contributed by atoms with Gasteiger partial charge in [-0.25, -0.2) is 4.79 Å². The van der Waals surface area contributed by atoms with Crippen LogP contribution >= 0.6 is 0 Å². The minimum atomic E-state index is -0.698. The van der Waals surface area contributed by atoms with Gasteiger partial charge in [-0.15, -0.1) is 6.58 Å². The molecule has 192 valence electrons. The molecule has 0 saturated heterocycles. The quantitative estimate of drug-likeness (QED) is 0.0919. The fourth-order valence-electron chi connectivity index (χ4n) is 3.86. The second-order valence-corrected chi connectivity index (χ2v) is 8.81. The second-order valence-electron chi connectivity index (χ2n) is 8.81.